The van der Waals surface area contributed by atoms with Crippen molar-refractivity contribution in [1.82, 2.24) is 14.1 Å². The summed E-state index contributed by atoms with van der Waals surface area (Å²) >= 11 is 0. The minimum absolute atomic E-state index is 0.0719. The minimum atomic E-state index is -4.17. The molecular weight excluding hydrogens is 464 g/mol. The van der Waals surface area contributed by atoms with Gasteiger partial charge in [0.1, 0.15) is 22.3 Å². The van der Waals surface area contributed by atoms with Crippen molar-refractivity contribution in [3.8, 4) is 0 Å². The van der Waals surface area contributed by atoms with E-state index in [1.807, 2.05) is 35.2 Å². The summed E-state index contributed by atoms with van der Waals surface area (Å²) in [5, 5.41) is 0. The van der Waals surface area contributed by atoms with Gasteiger partial charge < -0.3 is 9.32 Å². The number of sulfonamides is 1. The van der Waals surface area contributed by atoms with E-state index in [1.54, 1.807) is 23.3 Å². The maximum absolute atomic E-state index is 14.1. The van der Waals surface area contributed by atoms with Crippen molar-refractivity contribution in [2.75, 3.05) is 32.7 Å². The first-order valence-electron chi connectivity index (χ1n) is 10.8. The number of carbonyl (C=O) groups excluding carboxylic acids is 1. The number of nitrogens with zero attached hydrogens (tertiary/aromatic N) is 3. The van der Waals surface area contributed by atoms with Crippen molar-refractivity contribution in [1.29, 1.82) is 0 Å². The van der Waals surface area contributed by atoms with E-state index in [2.05, 4.69) is 0 Å². The third-order valence-electron chi connectivity index (χ3n) is 5.70. The predicted molar refractivity (Wildman–Crippen MR) is 121 cm³/mol. The summed E-state index contributed by atoms with van der Waals surface area (Å²) in [6.45, 7) is 1.56. The van der Waals surface area contributed by atoms with Gasteiger partial charge in [-0.05, 0) is 35.9 Å². The molecule has 0 aliphatic carbocycles. The number of carbonyl (C=O) groups is 1. The van der Waals surface area contributed by atoms with Crippen LogP contribution in [0.5, 0.6) is 0 Å². The second-order valence-electron chi connectivity index (χ2n) is 8.07. The SMILES string of the molecule is O=C(CN1CCN(S(=O)(=O)c2cc(F)ccc2F)CC1)N(Cc1ccccc1)Cc1ccco1. The van der Waals surface area contributed by atoms with E-state index in [-0.39, 0.29) is 25.5 Å². The summed E-state index contributed by atoms with van der Waals surface area (Å²) in [6.07, 6.45) is 1.56. The average molecular weight is 490 g/mol. The Kier molecular flexibility index (Phi) is 7.40. The number of hydrogen-bond acceptors (Lipinski definition) is 5. The number of halogens is 2. The van der Waals surface area contributed by atoms with Gasteiger partial charge in [-0.2, -0.15) is 4.31 Å². The molecule has 1 aliphatic rings. The molecule has 0 radical (unpaired) electrons. The first-order valence-corrected chi connectivity index (χ1v) is 12.3. The van der Waals surface area contributed by atoms with Crippen LogP contribution >= 0.6 is 0 Å². The second kappa shape index (κ2) is 10.5. The highest BCUT2D eigenvalue weighted by atomic mass is 32.2. The zero-order valence-electron chi connectivity index (χ0n) is 18.4. The van der Waals surface area contributed by atoms with Crippen LogP contribution in [0.15, 0.2) is 76.2 Å². The van der Waals surface area contributed by atoms with Gasteiger partial charge in [-0.1, -0.05) is 30.3 Å². The van der Waals surface area contributed by atoms with Crippen LogP contribution in [0, 0.1) is 11.6 Å². The molecule has 1 aliphatic heterocycles. The Morgan fingerprint density at radius 3 is 2.35 bits per heavy atom. The maximum atomic E-state index is 14.1. The minimum Gasteiger partial charge on any atom is -0.467 e. The lowest BCUT2D eigenvalue weighted by Crippen LogP contribution is -2.51. The lowest BCUT2D eigenvalue weighted by molar-refractivity contribution is -0.134. The van der Waals surface area contributed by atoms with Gasteiger partial charge >= 0.3 is 0 Å². The van der Waals surface area contributed by atoms with E-state index < -0.39 is 26.6 Å². The molecule has 0 N–H and O–H groups in total. The number of furan rings is 1. The van der Waals surface area contributed by atoms with Crippen LogP contribution in [-0.2, 0) is 27.9 Å². The van der Waals surface area contributed by atoms with Gasteiger partial charge in [0.15, 0.2) is 0 Å². The maximum Gasteiger partial charge on any atom is 0.246 e. The largest absolute Gasteiger partial charge is 0.467 e. The van der Waals surface area contributed by atoms with E-state index in [0.29, 0.717) is 38.0 Å². The van der Waals surface area contributed by atoms with Gasteiger partial charge in [-0.3, -0.25) is 9.69 Å². The zero-order chi connectivity index (χ0) is 24.1. The van der Waals surface area contributed by atoms with Crippen LogP contribution in [0.4, 0.5) is 8.78 Å². The average Bonchev–Trinajstić information content (AvgIpc) is 3.34. The molecule has 0 saturated carbocycles. The molecule has 0 unspecified atom stereocenters. The Hall–Kier alpha value is -3.08. The molecule has 10 heteroatoms. The van der Waals surface area contributed by atoms with Crippen molar-refractivity contribution in [2.24, 2.45) is 0 Å². The van der Waals surface area contributed by atoms with Crippen LogP contribution in [-0.4, -0.2) is 61.2 Å². The summed E-state index contributed by atoms with van der Waals surface area (Å²) in [4.78, 5) is 16.0. The number of amides is 1. The van der Waals surface area contributed by atoms with Crippen LogP contribution in [0.2, 0.25) is 0 Å². The Morgan fingerprint density at radius 1 is 0.941 bits per heavy atom. The lowest BCUT2D eigenvalue weighted by Gasteiger charge is -2.34. The summed E-state index contributed by atoms with van der Waals surface area (Å²) in [5.41, 5.74) is 0.982. The van der Waals surface area contributed by atoms with Crippen LogP contribution < -0.4 is 0 Å². The van der Waals surface area contributed by atoms with Crippen LogP contribution in [0.1, 0.15) is 11.3 Å². The van der Waals surface area contributed by atoms with E-state index in [0.717, 1.165) is 22.0 Å². The predicted octanol–water partition coefficient (Wildman–Crippen LogP) is 3.09. The molecule has 3 aromatic rings. The smallest absolute Gasteiger partial charge is 0.246 e. The highest BCUT2D eigenvalue weighted by molar-refractivity contribution is 7.89. The summed E-state index contributed by atoms with van der Waals surface area (Å²) in [6, 6.07) is 15.6. The highest BCUT2D eigenvalue weighted by Crippen LogP contribution is 2.22. The molecule has 1 aromatic heterocycles. The third kappa shape index (κ3) is 5.69. The molecule has 1 amide bonds. The van der Waals surface area contributed by atoms with E-state index >= 15 is 0 Å². The van der Waals surface area contributed by atoms with Gasteiger partial charge in [0.05, 0.1) is 19.4 Å². The van der Waals surface area contributed by atoms with Gasteiger partial charge in [0.25, 0.3) is 0 Å². The monoisotopic (exact) mass is 489 g/mol. The molecule has 0 atom stereocenters. The molecule has 4 rings (SSSR count). The van der Waals surface area contributed by atoms with Gasteiger partial charge in [0, 0.05) is 32.7 Å². The molecule has 7 nitrogen and oxygen atoms in total. The number of rotatable bonds is 8. The standard InChI is InChI=1S/C24H25F2N3O4S/c25-20-8-9-22(26)23(15-20)34(31,32)29-12-10-27(11-13-29)18-24(30)28(17-21-7-4-14-33-21)16-19-5-2-1-3-6-19/h1-9,14-15H,10-13,16-18H2. The number of benzene rings is 2. The fourth-order valence-electron chi connectivity index (χ4n) is 3.86. The van der Waals surface area contributed by atoms with E-state index in [1.165, 1.54) is 0 Å². The number of piperazine rings is 1. The molecule has 0 spiro atoms. The molecule has 180 valence electrons. The zero-order valence-corrected chi connectivity index (χ0v) is 19.3. The Bertz CT molecular complexity index is 1210. The molecule has 1 fully saturated rings. The van der Waals surface area contributed by atoms with Gasteiger partial charge in [-0.25, -0.2) is 17.2 Å². The van der Waals surface area contributed by atoms with Crippen molar-refractivity contribution < 1.29 is 26.4 Å². The van der Waals surface area contributed by atoms with Crippen molar-refractivity contribution >= 4 is 15.9 Å². The Balaban J connectivity index is 1.39. The van der Waals surface area contributed by atoms with Crippen molar-refractivity contribution in [3.63, 3.8) is 0 Å². The van der Waals surface area contributed by atoms with Crippen LogP contribution in [0.3, 0.4) is 0 Å². The van der Waals surface area contributed by atoms with Crippen molar-refractivity contribution in [2.45, 2.75) is 18.0 Å². The van der Waals surface area contributed by atoms with Gasteiger partial charge in [0.2, 0.25) is 15.9 Å². The van der Waals surface area contributed by atoms with Gasteiger partial charge in [-0.15, -0.1) is 0 Å². The fourth-order valence-corrected chi connectivity index (χ4v) is 5.36. The molecular formula is C24H25F2N3O4S. The molecule has 0 bridgehead atoms. The number of hydrogen-bond donors (Lipinski definition) is 0. The molecule has 2 aromatic carbocycles. The van der Waals surface area contributed by atoms with E-state index in [4.69, 9.17) is 4.42 Å². The second-order valence-corrected chi connectivity index (χ2v) is 9.98. The lowest BCUT2D eigenvalue weighted by atomic mass is 10.2. The third-order valence-corrected chi connectivity index (χ3v) is 7.61. The fraction of sp³-hybridized carbons (Fsp3) is 0.292. The summed E-state index contributed by atoms with van der Waals surface area (Å²) in [5.74, 6) is -1.27. The topological polar surface area (TPSA) is 74.1 Å². The first-order chi connectivity index (χ1) is 16.3. The first kappa shape index (κ1) is 24.1. The van der Waals surface area contributed by atoms with Crippen LogP contribution in [0.25, 0.3) is 0 Å². The Labute approximate surface area is 197 Å². The summed E-state index contributed by atoms with van der Waals surface area (Å²) < 4.78 is 59.7. The van der Waals surface area contributed by atoms with Crippen molar-refractivity contribution in [3.05, 3.63) is 89.9 Å². The molecule has 34 heavy (non-hydrogen) atoms. The Morgan fingerprint density at radius 2 is 1.68 bits per heavy atom. The normalized spacial score (nSPS) is 15.4. The molecule has 2 heterocycles. The molecule has 1 saturated heterocycles. The summed E-state index contributed by atoms with van der Waals surface area (Å²) in [7, 11) is -4.17. The highest BCUT2D eigenvalue weighted by Gasteiger charge is 2.32. The quantitative estimate of drug-likeness (QED) is 0.486. The van der Waals surface area contributed by atoms with E-state index in [9.17, 15) is 22.0 Å².